The van der Waals surface area contributed by atoms with Crippen LogP contribution < -0.4 is 9.62 Å². The van der Waals surface area contributed by atoms with Gasteiger partial charge in [-0.2, -0.15) is 0 Å². The summed E-state index contributed by atoms with van der Waals surface area (Å²) >= 11 is 0. The van der Waals surface area contributed by atoms with E-state index < -0.39 is 15.8 Å². The fourth-order valence-corrected chi connectivity index (χ4v) is 4.27. The quantitative estimate of drug-likeness (QED) is 0.763. The minimum absolute atomic E-state index is 0.0533. The Bertz CT molecular complexity index is 865. The van der Waals surface area contributed by atoms with E-state index in [4.69, 9.17) is 4.74 Å². The molecule has 152 valence electrons. The number of nitrogens with one attached hydrogen (secondary N) is 1. The summed E-state index contributed by atoms with van der Waals surface area (Å²) in [4.78, 5) is 4.30. The van der Waals surface area contributed by atoms with Crippen molar-refractivity contribution >= 4 is 15.7 Å². The van der Waals surface area contributed by atoms with Crippen LogP contribution in [0.2, 0.25) is 0 Å². The van der Waals surface area contributed by atoms with Gasteiger partial charge in [0.15, 0.2) is 0 Å². The van der Waals surface area contributed by atoms with Crippen LogP contribution in [0.5, 0.6) is 0 Å². The molecule has 1 fully saturated rings. The molecule has 0 amide bonds. The molecule has 0 radical (unpaired) electrons. The minimum Gasteiger partial charge on any atom is -0.379 e. The van der Waals surface area contributed by atoms with E-state index in [0.717, 1.165) is 36.5 Å². The van der Waals surface area contributed by atoms with E-state index in [0.29, 0.717) is 13.2 Å². The van der Waals surface area contributed by atoms with Crippen LogP contribution in [0.25, 0.3) is 0 Å². The van der Waals surface area contributed by atoms with Crippen LogP contribution in [0.3, 0.4) is 0 Å². The van der Waals surface area contributed by atoms with Gasteiger partial charge in [-0.25, -0.2) is 17.5 Å². The Morgan fingerprint density at radius 1 is 1.07 bits per heavy atom. The number of hydrogen-bond acceptors (Lipinski definition) is 5. The number of hydrogen-bond donors (Lipinski definition) is 1. The highest BCUT2D eigenvalue weighted by Crippen LogP contribution is 2.24. The average molecular weight is 408 g/mol. The number of nitrogens with zero attached hydrogens (tertiary/aromatic N) is 2. The van der Waals surface area contributed by atoms with Crippen LogP contribution >= 0.6 is 0 Å². The summed E-state index contributed by atoms with van der Waals surface area (Å²) in [6.07, 6.45) is 0. The van der Waals surface area contributed by atoms with Gasteiger partial charge in [-0.15, -0.1) is 0 Å². The van der Waals surface area contributed by atoms with E-state index in [1.807, 2.05) is 43.3 Å². The van der Waals surface area contributed by atoms with Gasteiger partial charge in [0.05, 0.1) is 18.1 Å². The molecule has 1 aliphatic rings. The van der Waals surface area contributed by atoms with Crippen molar-refractivity contribution in [2.45, 2.75) is 10.9 Å². The lowest BCUT2D eigenvalue weighted by Crippen LogP contribution is -2.43. The molecule has 2 aromatic carbocycles. The predicted molar refractivity (Wildman–Crippen MR) is 107 cm³/mol. The smallest absolute Gasteiger partial charge is 0.240 e. The molecule has 1 saturated heterocycles. The predicted octanol–water partition coefficient (Wildman–Crippen LogP) is 2.24. The number of morpholine rings is 1. The van der Waals surface area contributed by atoms with Gasteiger partial charge < -0.3 is 9.64 Å². The van der Waals surface area contributed by atoms with Crippen LogP contribution in [0.15, 0.2) is 53.4 Å². The second kappa shape index (κ2) is 9.00. The molecule has 8 heteroatoms. The van der Waals surface area contributed by atoms with Crippen LogP contribution in [-0.4, -0.2) is 60.3 Å². The summed E-state index contributed by atoms with van der Waals surface area (Å²) < 4.78 is 46.5. The first-order chi connectivity index (χ1) is 13.4. The maximum atomic E-state index is 13.1. The summed E-state index contributed by atoms with van der Waals surface area (Å²) in [5.41, 5.74) is 2.12. The van der Waals surface area contributed by atoms with Crippen LogP contribution in [-0.2, 0) is 14.8 Å². The van der Waals surface area contributed by atoms with Crippen molar-refractivity contribution in [2.75, 3.05) is 51.8 Å². The Labute approximate surface area is 166 Å². The molecule has 28 heavy (non-hydrogen) atoms. The van der Waals surface area contributed by atoms with Gasteiger partial charge >= 0.3 is 0 Å². The van der Waals surface area contributed by atoms with Crippen molar-refractivity contribution in [1.29, 1.82) is 0 Å². The van der Waals surface area contributed by atoms with Gasteiger partial charge in [-0.3, -0.25) is 4.90 Å². The van der Waals surface area contributed by atoms with Crippen molar-refractivity contribution in [3.05, 3.63) is 59.9 Å². The fraction of sp³-hybridized carbons (Fsp3) is 0.400. The highest BCUT2D eigenvalue weighted by atomic mass is 32.2. The largest absolute Gasteiger partial charge is 0.379 e. The van der Waals surface area contributed by atoms with E-state index in [1.165, 1.54) is 12.1 Å². The Hall–Kier alpha value is -2.00. The Kier molecular flexibility index (Phi) is 6.66. The molecule has 2 aromatic rings. The highest BCUT2D eigenvalue weighted by Gasteiger charge is 2.25. The molecule has 0 unspecified atom stereocenters. The van der Waals surface area contributed by atoms with Gasteiger partial charge in [-0.1, -0.05) is 12.1 Å². The van der Waals surface area contributed by atoms with Crippen molar-refractivity contribution in [3.8, 4) is 0 Å². The number of halogens is 1. The van der Waals surface area contributed by atoms with Gasteiger partial charge in [0, 0.05) is 45.5 Å². The van der Waals surface area contributed by atoms with Crippen LogP contribution in [0, 0.1) is 5.82 Å². The van der Waals surface area contributed by atoms with E-state index in [-0.39, 0.29) is 17.5 Å². The zero-order valence-corrected chi connectivity index (χ0v) is 17.0. The summed E-state index contributed by atoms with van der Waals surface area (Å²) in [7, 11) is 0.232. The molecule has 1 N–H and O–H groups in total. The fourth-order valence-electron chi connectivity index (χ4n) is 3.23. The Morgan fingerprint density at radius 2 is 1.68 bits per heavy atom. The van der Waals surface area contributed by atoms with Gasteiger partial charge in [-0.05, 0) is 42.0 Å². The van der Waals surface area contributed by atoms with Crippen molar-refractivity contribution in [3.63, 3.8) is 0 Å². The summed E-state index contributed by atoms with van der Waals surface area (Å²) in [6.45, 7) is 2.94. The van der Waals surface area contributed by atoms with Crippen molar-refractivity contribution < 1.29 is 17.5 Å². The molecule has 1 aliphatic heterocycles. The molecule has 0 aromatic heterocycles. The second-order valence-corrected chi connectivity index (χ2v) is 8.72. The lowest BCUT2D eigenvalue weighted by molar-refractivity contribution is 0.0172. The lowest BCUT2D eigenvalue weighted by atomic mass is 10.0. The maximum absolute atomic E-state index is 13.1. The zero-order chi connectivity index (χ0) is 20.1. The van der Waals surface area contributed by atoms with E-state index >= 15 is 0 Å². The minimum atomic E-state index is -3.72. The Balaban J connectivity index is 1.79. The third-order valence-electron chi connectivity index (χ3n) is 4.87. The standard InChI is InChI=1S/C20H26FN3O3S/c1-23(2)18-7-3-16(4-8-18)20(24-11-13-27-14-12-24)15-22-28(25,26)19-9-5-17(21)6-10-19/h3-10,20,22H,11-15H2,1-2H3/t20-/m0/s1. The lowest BCUT2D eigenvalue weighted by Gasteiger charge is -2.35. The van der Waals surface area contributed by atoms with Gasteiger partial charge in [0.2, 0.25) is 10.0 Å². The Morgan fingerprint density at radius 3 is 2.25 bits per heavy atom. The third-order valence-corrected chi connectivity index (χ3v) is 6.31. The monoisotopic (exact) mass is 407 g/mol. The first-order valence-corrected chi connectivity index (χ1v) is 10.7. The van der Waals surface area contributed by atoms with Gasteiger partial charge in [0.1, 0.15) is 5.82 Å². The summed E-state index contributed by atoms with van der Waals surface area (Å²) in [5.74, 6) is -0.467. The molecule has 6 nitrogen and oxygen atoms in total. The first kappa shape index (κ1) is 20.7. The normalized spacial score (nSPS) is 16.7. The van der Waals surface area contributed by atoms with Crippen LogP contribution in [0.4, 0.5) is 10.1 Å². The number of anilines is 1. The third kappa shape index (κ3) is 5.08. The average Bonchev–Trinajstić information content (AvgIpc) is 2.69. The van der Waals surface area contributed by atoms with E-state index in [9.17, 15) is 12.8 Å². The molecular weight excluding hydrogens is 381 g/mol. The molecule has 0 bridgehead atoms. The van der Waals surface area contributed by atoms with E-state index in [2.05, 4.69) is 9.62 Å². The van der Waals surface area contributed by atoms with E-state index in [1.54, 1.807) is 0 Å². The number of ether oxygens (including phenoxy) is 1. The SMILES string of the molecule is CN(C)c1ccc([C@H](CNS(=O)(=O)c2ccc(F)cc2)N2CCOCC2)cc1. The molecule has 0 aliphatic carbocycles. The molecular formula is C20H26FN3O3S. The zero-order valence-electron chi connectivity index (χ0n) is 16.1. The molecule has 1 atom stereocenters. The molecule has 1 heterocycles. The number of rotatable bonds is 7. The number of sulfonamides is 1. The maximum Gasteiger partial charge on any atom is 0.240 e. The van der Waals surface area contributed by atoms with Crippen molar-refractivity contribution in [1.82, 2.24) is 9.62 Å². The number of benzene rings is 2. The van der Waals surface area contributed by atoms with Gasteiger partial charge in [0.25, 0.3) is 0 Å². The van der Waals surface area contributed by atoms with Crippen LogP contribution in [0.1, 0.15) is 11.6 Å². The molecule has 3 rings (SSSR count). The second-order valence-electron chi connectivity index (χ2n) is 6.96. The summed E-state index contributed by atoms with van der Waals surface area (Å²) in [5, 5.41) is 0. The molecule has 0 spiro atoms. The topological polar surface area (TPSA) is 61.9 Å². The highest BCUT2D eigenvalue weighted by molar-refractivity contribution is 7.89. The summed E-state index contributed by atoms with van der Waals surface area (Å²) in [6, 6.07) is 12.8. The first-order valence-electron chi connectivity index (χ1n) is 9.21. The molecule has 0 saturated carbocycles. The van der Waals surface area contributed by atoms with Crippen molar-refractivity contribution in [2.24, 2.45) is 0 Å².